The van der Waals surface area contributed by atoms with Gasteiger partial charge in [0.05, 0.1) is 5.54 Å². The molecule has 0 bridgehead atoms. The van der Waals surface area contributed by atoms with Crippen LogP contribution in [0.3, 0.4) is 0 Å². The summed E-state index contributed by atoms with van der Waals surface area (Å²) in [5.74, 6) is -0.0580. The summed E-state index contributed by atoms with van der Waals surface area (Å²) in [5.41, 5.74) is 1.07. The van der Waals surface area contributed by atoms with Gasteiger partial charge in [-0.2, -0.15) is 0 Å². The highest BCUT2D eigenvalue weighted by atomic mass is 16.5. The number of hydrogen-bond donors (Lipinski definition) is 1. The van der Waals surface area contributed by atoms with Crippen LogP contribution in [0.4, 0.5) is 0 Å². The first-order valence-corrected chi connectivity index (χ1v) is 5.80. The molecule has 0 unspecified atom stereocenters. The molecule has 0 amide bonds. The van der Waals surface area contributed by atoms with Crippen molar-refractivity contribution in [1.29, 1.82) is 0 Å². The van der Waals surface area contributed by atoms with E-state index in [1.165, 1.54) is 11.1 Å². The molecular weight excluding hydrogens is 214 g/mol. The molecule has 90 valence electrons. The standard InChI is InChI=1S/C14H17NO2/c1-14(2)9-8-12(15(14)17)10-13(16)11-6-4-3-5-7-11/h3-7,10,17H,8-9H2,1-2H3/b12-10-. The minimum atomic E-state index is -0.275. The third-order valence-electron chi connectivity index (χ3n) is 3.19. The Morgan fingerprint density at radius 3 is 2.53 bits per heavy atom. The van der Waals surface area contributed by atoms with Gasteiger partial charge in [-0.1, -0.05) is 30.3 Å². The van der Waals surface area contributed by atoms with Crippen LogP contribution in [0.5, 0.6) is 0 Å². The number of carbonyl (C=O) groups excluding carboxylic acids is 1. The first-order valence-electron chi connectivity index (χ1n) is 5.80. The Morgan fingerprint density at radius 2 is 2.00 bits per heavy atom. The zero-order valence-corrected chi connectivity index (χ0v) is 10.2. The van der Waals surface area contributed by atoms with Gasteiger partial charge in [0.2, 0.25) is 0 Å². The van der Waals surface area contributed by atoms with E-state index in [0.29, 0.717) is 11.3 Å². The Bertz CT molecular complexity index is 449. The summed E-state index contributed by atoms with van der Waals surface area (Å²) in [6.45, 7) is 3.92. The summed E-state index contributed by atoms with van der Waals surface area (Å²) in [6.07, 6.45) is 3.13. The van der Waals surface area contributed by atoms with Crippen LogP contribution < -0.4 is 0 Å². The molecule has 1 aromatic carbocycles. The minimum Gasteiger partial charge on any atom is -0.289 e. The Hall–Kier alpha value is -1.61. The van der Waals surface area contributed by atoms with Gasteiger partial charge in [-0.05, 0) is 26.7 Å². The molecule has 3 heteroatoms. The number of nitrogens with zero attached hydrogens (tertiary/aromatic N) is 1. The molecule has 0 radical (unpaired) electrons. The number of allylic oxidation sites excluding steroid dienone is 2. The number of carbonyl (C=O) groups is 1. The smallest absolute Gasteiger partial charge is 0.187 e. The van der Waals surface area contributed by atoms with Crippen molar-refractivity contribution in [2.24, 2.45) is 0 Å². The molecule has 1 heterocycles. The van der Waals surface area contributed by atoms with Gasteiger partial charge in [0.15, 0.2) is 5.78 Å². The lowest BCUT2D eigenvalue weighted by Crippen LogP contribution is -2.34. The van der Waals surface area contributed by atoms with E-state index in [0.717, 1.165) is 12.8 Å². The molecule has 2 rings (SSSR count). The molecule has 1 saturated heterocycles. The van der Waals surface area contributed by atoms with Crippen molar-refractivity contribution in [2.45, 2.75) is 32.2 Å². The van der Waals surface area contributed by atoms with Crippen molar-refractivity contribution in [1.82, 2.24) is 5.06 Å². The number of hydrogen-bond acceptors (Lipinski definition) is 3. The highest BCUT2D eigenvalue weighted by Crippen LogP contribution is 2.34. The van der Waals surface area contributed by atoms with Crippen molar-refractivity contribution >= 4 is 5.78 Å². The van der Waals surface area contributed by atoms with Crippen LogP contribution in [0.1, 0.15) is 37.0 Å². The van der Waals surface area contributed by atoms with Crippen LogP contribution in [0.15, 0.2) is 42.1 Å². The fourth-order valence-corrected chi connectivity index (χ4v) is 2.00. The SMILES string of the molecule is CC1(C)CC/C(=C/C(=O)c2ccccc2)N1O. The first kappa shape index (κ1) is 11.9. The molecule has 3 nitrogen and oxygen atoms in total. The Balaban J connectivity index is 2.19. The second-order valence-electron chi connectivity index (χ2n) is 4.99. The molecule has 1 aromatic rings. The van der Waals surface area contributed by atoms with Gasteiger partial charge in [-0.25, -0.2) is 0 Å². The third kappa shape index (κ3) is 2.39. The zero-order chi connectivity index (χ0) is 12.5. The van der Waals surface area contributed by atoms with Crippen LogP contribution in [0, 0.1) is 0 Å². The fraction of sp³-hybridized carbons (Fsp3) is 0.357. The number of rotatable bonds is 2. The highest BCUT2D eigenvalue weighted by Gasteiger charge is 2.34. The van der Waals surface area contributed by atoms with Gasteiger partial charge in [0.25, 0.3) is 0 Å². The Labute approximate surface area is 101 Å². The maximum Gasteiger partial charge on any atom is 0.187 e. The quantitative estimate of drug-likeness (QED) is 0.628. The van der Waals surface area contributed by atoms with E-state index in [1.807, 2.05) is 32.0 Å². The minimum absolute atomic E-state index is 0.0580. The van der Waals surface area contributed by atoms with Gasteiger partial charge in [0, 0.05) is 17.3 Å². The molecule has 0 aliphatic carbocycles. The van der Waals surface area contributed by atoms with Gasteiger partial charge in [-0.15, -0.1) is 0 Å². The van der Waals surface area contributed by atoms with Crippen LogP contribution in [-0.4, -0.2) is 21.6 Å². The fourth-order valence-electron chi connectivity index (χ4n) is 2.00. The summed E-state index contributed by atoms with van der Waals surface area (Å²) in [5, 5.41) is 11.1. The topological polar surface area (TPSA) is 40.5 Å². The van der Waals surface area contributed by atoms with Crippen molar-refractivity contribution < 1.29 is 10.0 Å². The van der Waals surface area contributed by atoms with Crippen molar-refractivity contribution in [2.75, 3.05) is 0 Å². The normalized spacial score (nSPS) is 20.9. The lowest BCUT2D eigenvalue weighted by atomic mass is 10.0. The molecule has 1 aliphatic rings. The molecule has 17 heavy (non-hydrogen) atoms. The average Bonchev–Trinajstić information content (AvgIpc) is 2.57. The predicted molar refractivity (Wildman–Crippen MR) is 65.8 cm³/mol. The van der Waals surface area contributed by atoms with Crippen molar-refractivity contribution in [3.8, 4) is 0 Å². The first-order chi connectivity index (χ1) is 8.00. The molecule has 0 spiro atoms. The van der Waals surface area contributed by atoms with Gasteiger partial charge in [-0.3, -0.25) is 15.1 Å². The lowest BCUT2D eigenvalue weighted by Gasteiger charge is -2.27. The van der Waals surface area contributed by atoms with Crippen LogP contribution in [0.25, 0.3) is 0 Å². The number of benzene rings is 1. The summed E-state index contributed by atoms with van der Waals surface area (Å²) < 4.78 is 0. The number of hydroxylamine groups is 2. The lowest BCUT2D eigenvalue weighted by molar-refractivity contribution is -0.110. The summed E-state index contributed by atoms with van der Waals surface area (Å²) in [4.78, 5) is 11.9. The average molecular weight is 231 g/mol. The van der Waals surface area contributed by atoms with E-state index in [2.05, 4.69) is 0 Å². The van der Waals surface area contributed by atoms with E-state index >= 15 is 0 Å². The zero-order valence-electron chi connectivity index (χ0n) is 10.2. The molecule has 1 N–H and O–H groups in total. The molecule has 0 saturated carbocycles. The van der Waals surface area contributed by atoms with Crippen LogP contribution in [-0.2, 0) is 0 Å². The summed E-state index contributed by atoms with van der Waals surface area (Å²) >= 11 is 0. The number of ketones is 1. The molecule has 0 aromatic heterocycles. The Kier molecular flexibility index (Phi) is 3.03. The molecular formula is C14H17NO2. The van der Waals surface area contributed by atoms with Crippen LogP contribution >= 0.6 is 0 Å². The molecule has 0 atom stereocenters. The summed E-state index contributed by atoms with van der Waals surface area (Å²) in [7, 11) is 0. The largest absolute Gasteiger partial charge is 0.289 e. The van der Waals surface area contributed by atoms with Crippen LogP contribution in [0.2, 0.25) is 0 Å². The van der Waals surface area contributed by atoms with E-state index in [9.17, 15) is 10.0 Å². The highest BCUT2D eigenvalue weighted by molar-refractivity contribution is 6.04. The summed E-state index contributed by atoms with van der Waals surface area (Å²) in [6, 6.07) is 9.10. The van der Waals surface area contributed by atoms with Gasteiger partial charge >= 0.3 is 0 Å². The molecule has 1 aliphatic heterocycles. The second kappa shape index (κ2) is 4.34. The van der Waals surface area contributed by atoms with Crippen molar-refractivity contribution in [3.05, 3.63) is 47.7 Å². The maximum atomic E-state index is 11.9. The molecule has 1 fully saturated rings. The van der Waals surface area contributed by atoms with Crippen molar-refractivity contribution in [3.63, 3.8) is 0 Å². The predicted octanol–water partition coefficient (Wildman–Crippen LogP) is 3.02. The van der Waals surface area contributed by atoms with E-state index in [-0.39, 0.29) is 11.3 Å². The Morgan fingerprint density at radius 1 is 1.35 bits per heavy atom. The van der Waals surface area contributed by atoms with Gasteiger partial charge in [0.1, 0.15) is 0 Å². The third-order valence-corrected chi connectivity index (χ3v) is 3.19. The monoisotopic (exact) mass is 231 g/mol. The second-order valence-corrected chi connectivity index (χ2v) is 4.99. The van der Waals surface area contributed by atoms with E-state index in [4.69, 9.17) is 0 Å². The maximum absolute atomic E-state index is 11.9. The van der Waals surface area contributed by atoms with Gasteiger partial charge < -0.3 is 0 Å². The van der Waals surface area contributed by atoms with E-state index < -0.39 is 0 Å². The van der Waals surface area contributed by atoms with E-state index in [1.54, 1.807) is 12.1 Å².